The molecule has 0 N–H and O–H groups in total. The molecular formula is C27H45NO9. The Morgan fingerprint density at radius 2 is 1.54 bits per heavy atom. The number of cyclic esters (lactones) is 1. The van der Waals surface area contributed by atoms with Crippen LogP contribution in [-0.4, -0.2) is 84.0 Å². The predicted molar refractivity (Wildman–Crippen MR) is 138 cm³/mol. The summed E-state index contributed by atoms with van der Waals surface area (Å²) in [6.45, 7) is 24.5. The molecule has 0 radical (unpaired) electrons. The van der Waals surface area contributed by atoms with Crippen molar-refractivity contribution in [2.45, 2.75) is 110 Å². The van der Waals surface area contributed by atoms with Crippen LogP contribution in [0.4, 0.5) is 9.59 Å². The maximum absolute atomic E-state index is 13.4. The van der Waals surface area contributed by atoms with E-state index in [1.165, 1.54) is 0 Å². The van der Waals surface area contributed by atoms with E-state index in [1.54, 1.807) is 54.5 Å². The number of carbonyl (C=O) groups is 3. The number of hydrogen-bond acceptors (Lipinski definition) is 9. The van der Waals surface area contributed by atoms with Crippen molar-refractivity contribution in [2.24, 2.45) is 0 Å². The quantitative estimate of drug-likeness (QED) is 0.262. The van der Waals surface area contributed by atoms with E-state index >= 15 is 0 Å². The Balaban J connectivity index is 3.41. The van der Waals surface area contributed by atoms with Gasteiger partial charge in [-0.3, -0.25) is 0 Å². The van der Waals surface area contributed by atoms with E-state index in [-0.39, 0.29) is 19.8 Å². The average molecular weight is 528 g/mol. The summed E-state index contributed by atoms with van der Waals surface area (Å²) >= 11 is 0. The number of rotatable bonds is 7. The Hall–Kier alpha value is -2.43. The van der Waals surface area contributed by atoms with Gasteiger partial charge in [0, 0.05) is 0 Å². The second-order valence-corrected chi connectivity index (χ2v) is 11.7. The first kappa shape index (κ1) is 32.6. The van der Waals surface area contributed by atoms with Crippen LogP contribution in [-0.2, 0) is 33.2 Å². The van der Waals surface area contributed by atoms with Crippen molar-refractivity contribution in [1.82, 2.24) is 4.90 Å². The molecule has 0 saturated carbocycles. The van der Waals surface area contributed by atoms with Crippen molar-refractivity contribution in [1.29, 1.82) is 0 Å². The fourth-order valence-corrected chi connectivity index (χ4v) is 3.18. The summed E-state index contributed by atoms with van der Waals surface area (Å²) in [4.78, 5) is 40.2. The van der Waals surface area contributed by atoms with Gasteiger partial charge in [-0.2, -0.15) is 4.90 Å². The molecule has 0 aromatic rings. The Morgan fingerprint density at radius 3 is 1.97 bits per heavy atom. The minimum absolute atomic E-state index is 0.0148. The summed E-state index contributed by atoms with van der Waals surface area (Å²) < 4.78 is 34.6. The van der Waals surface area contributed by atoms with Crippen LogP contribution >= 0.6 is 0 Å². The summed E-state index contributed by atoms with van der Waals surface area (Å²) in [6.07, 6.45) is -2.75. The zero-order chi connectivity index (χ0) is 28.8. The third kappa shape index (κ3) is 11.2. The number of amides is 2. The number of imide groups is 1. The zero-order valence-corrected chi connectivity index (χ0v) is 24.0. The van der Waals surface area contributed by atoms with Gasteiger partial charge < -0.3 is 28.4 Å². The predicted octanol–water partition coefficient (Wildman–Crippen LogP) is 4.80. The molecule has 4 unspecified atom stereocenters. The second kappa shape index (κ2) is 12.9. The van der Waals surface area contributed by atoms with E-state index in [1.807, 2.05) is 20.8 Å². The first-order valence-corrected chi connectivity index (χ1v) is 12.4. The Labute approximate surface area is 221 Å². The number of nitrogens with zero attached hydrogens (tertiary/aromatic N) is 1. The monoisotopic (exact) mass is 527 g/mol. The lowest BCUT2D eigenvalue weighted by Crippen LogP contribution is -2.54. The van der Waals surface area contributed by atoms with Gasteiger partial charge in [0.2, 0.25) is 0 Å². The van der Waals surface area contributed by atoms with E-state index < -0.39 is 59.3 Å². The van der Waals surface area contributed by atoms with Crippen LogP contribution in [0.2, 0.25) is 0 Å². The molecule has 0 aromatic heterocycles. The summed E-state index contributed by atoms with van der Waals surface area (Å²) in [7, 11) is 0. The molecule has 0 bridgehead atoms. The van der Waals surface area contributed by atoms with Crippen LogP contribution < -0.4 is 0 Å². The number of hydrogen-bond donors (Lipinski definition) is 0. The molecule has 1 aliphatic rings. The van der Waals surface area contributed by atoms with Gasteiger partial charge in [-0.15, -0.1) is 6.58 Å². The summed E-state index contributed by atoms with van der Waals surface area (Å²) in [6, 6.07) is -1.47. The molecule has 1 fully saturated rings. The van der Waals surface area contributed by atoms with Gasteiger partial charge in [-0.05, 0) is 69.2 Å². The smallest absolute Gasteiger partial charge is 0.420 e. The van der Waals surface area contributed by atoms with Crippen molar-refractivity contribution in [3.05, 3.63) is 24.8 Å². The van der Waals surface area contributed by atoms with Crippen molar-refractivity contribution >= 4 is 18.2 Å². The van der Waals surface area contributed by atoms with Gasteiger partial charge in [-0.1, -0.05) is 18.2 Å². The van der Waals surface area contributed by atoms with Crippen LogP contribution in [0.1, 0.15) is 69.2 Å². The van der Waals surface area contributed by atoms with Crippen LogP contribution in [0.25, 0.3) is 0 Å². The third-order valence-corrected chi connectivity index (χ3v) is 4.93. The molecule has 1 heterocycles. The molecule has 1 saturated heterocycles. The molecule has 1 rings (SSSR count). The van der Waals surface area contributed by atoms with Gasteiger partial charge in [-0.25, -0.2) is 14.4 Å². The first-order valence-electron chi connectivity index (χ1n) is 12.4. The summed E-state index contributed by atoms with van der Waals surface area (Å²) in [5.41, 5.74) is -1.87. The van der Waals surface area contributed by atoms with E-state index in [4.69, 9.17) is 28.4 Å². The fraction of sp³-hybridized carbons (Fsp3) is 0.741. The van der Waals surface area contributed by atoms with Crippen molar-refractivity contribution < 1.29 is 42.8 Å². The maximum Gasteiger partial charge on any atom is 0.420 e. The van der Waals surface area contributed by atoms with Crippen molar-refractivity contribution in [3.8, 4) is 0 Å². The number of carbonyl (C=O) groups excluding carboxylic acids is 3. The van der Waals surface area contributed by atoms with E-state index in [0.29, 0.717) is 4.90 Å². The molecule has 0 spiro atoms. The van der Waals surface area contributed by atoms with E-state index in [0.717, 1.165) is 5.57 Å². The molecule has 10 nitrogen and oxygen atoms in total. The SMILES string of the molecule is C=CC(C)(C)OC1C(C)OC(=O)C(N(C(=O)OC(C)(C)C)C(=O)OC(C)(C)C)COCC1OCC(=C)C. The topological polar surface area (TPSA) is 110 Å². The summed E-state index contributed by atoms with van der Waals surface area (Å²) in [5.74, 6) is -0.880. The lowest BCUT2D eigenvalue weighted by atomic mass is 10.1. The van der Waals surface area contributed by atoms with Gasteiger partial charge in [0.25, 0.3) is 0 Å². The van der Waals surface area contributed by atoms with Gasteiger partial charge in [0.15, 0.2) is 6.04 Å². The number of ether oxygens (including phenoxy) is 6. The van der Waals surface area contributed by atoms with Crippen molar-refractivity contribution in [3.63, 3.8) is 0 Å². The Bertz CT molecular complexity index is 810. The zero-order valence-electron chi connectivity index (χ0n) is 24.0. The fourth-order valence-electron chi connectivity index (χ4n) is 3.18. The molecule has 37 heavy (non-hydrogen) atoms. The molecule has 212 valence electrons. The minimum atomic E-state index is -1.47. The normalized spacial score (nSPS) is 23.6. The molecule has 0 aliphatic carbocycles. The standard InChI is InChI=1S/C27H45NO9/c1-13-27(11,12)35-21-18(4)34-22(29)19(15-32-16-20(21)33-14-17(2)3)28(23(30)36-25(5,6)7)24(31)37-26(8,9)10/h13,18-21H,1-2,14-16H2,3-12H3. The lowest BCUT2D eigenvalue weighted by Gasteiger charge is -2.36. The molecule has 10 heteroatoms. The average Bonchev–Trinajstić information content (AvgIpc) is 2.74. The highest BCUT2D eigenvalue weighted by molar-refractivity contribution is 5.94. The highest BCUT2D eigenvalue weighted by atomic mass is 16.6. The molecule has 4 atom stereocenters. The van der Waals surface area contributed by atoms with E-state index in [2.05, 4.69) is 13.2 Å². The van der Waals surface area contributed by atoms with Crippen LogP contribution in [0.15, 0.2) is 24.8 Å². The molecular weight excluding hydrogens is 482 g/mol. The van der Waals surface area contributed by atoms with E-state index in [9.17, 15) is 14.4 Å². The van der Waals surface area contributed by atoms with Crippen LogP contribution in [0.3, 0.4) is 0 Å². The largest absolute Gasteiger partial charge is 0.458 e. The second-order valence-electron chi connectivity index (χ2n) is 11.7. The summed E-state index contributed by atoms with van der Waals surface area (Å²) in [5, 5.41) is 0. The third-order valence-electron chi connectivity index (χ3n) is 4.93. The maximum atomic E-state index is 13.4. The lowest BCUT2D eigenvalue weighted by molar-refractivity contribution is -0.183. The first-order chi connectivity index (χ1) is 16.8. The van der Waals surface area contributed by atoms with Crippen LogP contribution in [0, 0.1) is 0 Å². The Morgan fingerprint density at radius 1 is 1.03 bits per heavy atom. The van der Waals surface area contributed by atoms with Gasteiger partial charge in [0.1, 0.15) is 29.5 Å². The van der Waals surface area contributed by atoms with Gasteiger partial charge in [0.05, 0.1) is 25.4 Å². The highest BCUT2D eigenvalue weighted by Crippen LogP contribution is 2.25. The molecule has 1 aliphatic heterocycles. The van der Waals surface area contributed by atoms with Gasteiger partial charge >= 0.3 is 18.2 Å². The molecule has 2 amide bonds. The highest BCUT2D eigenvalue weighted by Gasteiger charge is 2.45. The molecule has 0 aromatic carbocycles. The van der Waals surface area contributed by atoms with Crippen molar-refractivity contribution in [2.75, 3.05) is 19.8 Å². The minimum Gasteiger partial charge on any atom is -0.458 e. The van der Waals surface area contributed by atoms with Crippen LogP contribution in [0.5, 0.6) is 0 Å². The number of esters is 1. The Kier molecular flexibility index (Phi) is 11.4.